The summed E-state index contributed by atoms with van der Waals surface area (Å²) in [4.78, 5) is 19.5. The summed E-state index contributed by atoms with van der Waals surface area (Å²) in [5, 5.41) is 0. The largest absolute Gasteiger partial charge is 0.379 e. The molecule has 1 amide bonds. The molecule has 2 saturated heterocycles. The van der Waals surface area contributed by atoms with Gasteiger partial charge in [-0.2, -0.15) is 4.31 Å². The molecular formula is C19H30N6O6S2. The Morgan fingerprint density at radius 3 is 2.06 bits per heavy atom. The van der Waals surface area contributed by atoms with Gasteiger partial charge in [0.1, 0.15) is 5.88 Å². The van der Waals surface area contributed by atoms with Crippen LogP contribution in [0.5, 0.6) is 0 Å². The van der Waals surface area contributed by atoms with Crippen LogP contribution in [0.2, 0.25) is 0 Å². The van der Waals surface area contributed by atoms with Crippen LogP contribution in [-0.2, 0) is 29.4 Å². The van der Waals surface area contributed by atoms with Crippen LogP contribution >= 0.6 is 0 Å². The first-order valence-corrected chi connectivity index (χ1v) is 13.6. The molecule has 0 aliphatic carbocycles. The van der Waals surface area contributed by atoms with Gasteiger partial charge in [-0.05, 0) is 24.3 Å². The standard InChI is InChI=1S/C19H30N6O6S2/c20-19(21)22-6-5-18(26)24-9-7-23(8-10-24)15-32(27,28)16-1-3-17(4-2-16)33(29,30)25-11-13-31-14-12-25/h1-4H,5-15H2,(H4,20,21,22). The number of aliphatic imine (C=N–C) groups is 1. The van der Waals surface area contributed by atoms with E-state index in [1.807, 2.05) is 0 Å². The molecule has 14 heteroatoms. The predicted octanol–water partition coefficient (Wildman–Crippen LogP) is -1.75. The molecule has 184 valence electrons. The summed E-state index contributed by atoms with van der Waals surface area (Å²) in [6, 6.07) is 5.30. The summed E-state index contributed by atoms with van der Waals surface area (Å²) in [6.07, 6.45) is 0.190. The van der Waals surface area contributed by atoms with Crippen LogP contribution in [0, 0.1) is 0 Å². The molecule has 0 atom stereocenters. The Morgan fingerprint density at radius 2 is 1.48 bits per heavy atom. The number of amides is 1. The maximum atomic E-state index is 12.8. The van der Waals surface area contributed by atoms with Gasteiger partial charge in [0.2, 0.25) is 15.9 Å². The topological polar surface area (TPSA) is 169 Å². The number of sulfonamides is 1. The number of piperazine rings is 1. The van der Waals surface area contributed by atoms with Gasteiger partial charge in [0.25, 0.3) is 0 Å². The second-order valence-electron chi connectivity index (χ2n) is 7.79. The fourth-order valence-corrected chi connectivity index (χ4v) is 6.48. The van der Waals surface area contributed by atoms with Crippen molar-refractivity contribution >= 4 is 31.7 Å². The minimum atomic E-state index is -3.69. The van der Waals surface area contributed by atoms with Gasteiger partial charge in [0.15, 0.2) is 15.8 Å². The molecule has 2 aliphatic heterocycles. The Labute approximate surface area is 194 Å². The van der Waals surface area contributed by atoms with E-state index in [4.69, 9.17) is 16.2 Å². The lowest BCUT2D eigenvalue weighted by molar-refractivity contribution is -0.132. The minimum absolute atomic E-state index is 0.0520. The number of ether oxygens (including phenoxy) is 1. The molecule has 33 heavy (non-hydrogen) atoms. The molecule has 0 radical (unpaired) electrons. The van der Waals surface area contributed by atoms with E-state index in [-0.39, 0.29) is 53.6 Å². The SMILES string of the molecule is NC(N)=NCCC(=O)N1CCN(CS(=O)(=O)c2ccc(S(=O)(=O)N3CCOCC3)cc2)CC1. The summed E-state index contributed by atoms with van der Waals surface area (Å²) in [6.45, 7) is 3.07. The van der Waals surface area contributed by atoms with Crippen LogP contribution in [0.15, 0.2) is 39.0 Å². The Bertz CT molecular complexity index is 1060. The van der Waals surface area contributed by atoms with E-state index < -0.39 is 19.9 Å². The zero-order chi connectivity index (χ0) is 24.1. The lowest BCUT2D eigenvalue weighted by atomic mass is 10.3. The Hall–Kier alpha value is -2.26. The predicted molar refractivity (Wildman–Crippen MR) is 122 cm³/mol. The van der Waals surface area contributed by atoms with Crippen LogP contribution in [0.25, 0.3) is 0 Å². The van der Waals surface area contributed by atoms with E-state index in [2.05, 4.69) is 4.99 Å². The molecular weight excluding hydrogens is 472 g/mol. The molecule has 3 rings (SSSR count). The first-order valence-electron chi connectivity index (χ1n) is 10.6. The molecule has 2 fully saturated rings. The van der Waals surface area contributed by atoms with Crippen LogP contribution in [0.3, 0.4) is 0 Å². The van der Waals surface area contributed by atoms with Gasteiger partial charge in [-0.25, -0.2) is 16.8 Å². The van der Waals surface area contributed by atoms with Crippen molar-refractivity contribution in [3.05, 3.63) is 24.3 Å². The van der Waals surface area contributed by atoms with Gasteiger partial charge < -0.3 is 21.1 Å². The number of hydrogen-bond donors (Lipinski definition) is 2. The third-order valence-corrected chi connectivity index (χ3v) is 9.10. The molecule has 1 aromatic carbocycles. The fourth-order valence-electron chi connectivity index (χ4n) is 3.64. The molecule has 1 aromatic rings. The highest BCUT2D eigenvalue weighted by atomic mass is 32.2. The van der Waals surface area contributed by atoms with E-state index in [0.29, 0.717) is 39.4 Å². The van der Waals surface area contributed by atoms with E-state index in [1.165, 1.54) is 28.6 Å². The van der Waals surface area contributed by atoms with Gasteiger partial charge in [-0.3, -0.25) is 14.7 Å². The highest BCUT2D eigenvalue weighted by Crippen LogP contribution is 2.21. The maximum Gasteiger partial charge on any atom is 0.243 e. The number of nitrogens with two attached hydrogens (primary N) is 2. The highest BCUT2D eigenvalue weighted by molar-refractivity contribution is 7.91. The Kier molecular flexibility index (Phi) is 8.28. The smallest absolute Gasteiger partial charge is 0.243 e. The maximum absolute atomic E-state index is 12.8. The zero-order valence-corrected chi connectivity index (χ0v) is 19.9. The summed E-state index contributed by atoms with van der Waals surface area (Å²) in [7, 11) is -7.35. The summed E-state index contributed by atoms with van der Waals surface area (Å²) >= 11 is 0. The van der Waals surface area contributed by atoms with Gasteiger partial charge in [-0.15, -0.1) is 0 Å². The number of benzene rings is 1. The van der Waals surface area contributed by atoms with E-state index in [9.17, 15) is 21.6 Å². The lowest BCUT2D eigenvalue weighted by Crippen LogP contribution is -2.50. The first kappa shape index (κ1) is 25.4. The molecule has 12 nitrogen and oxygen atoms in total. The normalized spacial score (nSPS) is 18.7. The second kappa shape index (κ2) is 10.8. The molecule has 4 N–H and O–H groups in total. The summed E-state index contributed by atoms with van der Waals surface area (Å²) in [5.74, 6) is -0.359. The molecule has 0 unspecified atom stereocenters. The van der Waals surface area contributed by atoms with Gasteiger partial charge in [-0.1, -0.05) is 0 Å². The van der Waals surface area contributed by atoms with Crippen molar-refractivity contribution in [3.8, 4) is 0 Å². The van der Waals surface area contributed by atoms with Crippen molar-refractivity contribution in [2.45, 2.75) is 16.2 Å². The number of hydrogen-bond acceptors (Lipinski definition) is 8. The minimum Gasteiger partial charge on any atom is -0.379 e. The van der Waals surface area contributed by atoms with Crippen LogP contribution in [-0.4, -0.2) is 108 Å². The molecule has 2 heterocycles. The highest BCUT2D eigenvalue weighted by Gasteiger charge is 2.28. The van der Waals surface area contributed by atoms with Crippen molar-refractivity contribution in [2.75, 3.05) is 64.9 Å². The monoisotopic (exact) mass is 502 g/mol. The van der Waals surface area contributed by atoms with Crippen molar-refractivity contribution in [1.29, 1.82) is 0 Å². The summed E-state index contributed by atoms with van der Waals surface area (Å²) in [5.41, 5.74) is 10.5. The van der Waals surface area contributed by atoms with Crippen molar-refractivity contribution in [3.63, 3.8) is 0 Å². The third kappa shape index (κ3) is 6.63. The van der Waals surface area contributed by atoms with E-state index >= 15 is 0 Å². The summed E-state index contributed by atoms with van der Waals surface area (Å²) < 4.78 is 57.6. The fraction of sp³-hybridized carbons (Fsp3) is 0.579. The molecule has 0 aromatic heterocycles. The number of morpholine rings is 1. The average Bonchev–Trinajstić information content (AvgIpc) is 2.79. The van der Waals surface area contributed by atoms with Crippen LogP contribution < -0.4 is 11.5 Å². The molecule has 0 bridgehead atoms. The van der Waals surface area contributed by atoms with E-state index in [1.54, 1.807) is 9.80 Å². The number of rotatable bonds is 8. The number of sulfone groups is 1. The van der Waals surface area contributed by atoms with Gasteiger partial charge >= 0.3 is 0 Å². The molecule has 2 aliphatic rings. The van der Waals surface area contributed by atoms with E-state index in [0.717, 1.165) is 0 Å². The Balaban J connectivity index is 1.56. The average molecular weight is 503 g/mol. The Morgan fingerprint density at radius 1 is 0.909 bits per heavy atom. The second-order valence-corrected chi connectivity index (χ2v) is 11.7. The number of nitrogens with zero attached hydrogens (tertiary/aromatic N) is 4. The number of guanidine groups is 1. The lowest BCUT2D eigenvalue weighted by Gasteiger charge is -2.34. The first-order chi connectivity index (χ1) is 15.6. The number of carbonyl (C=O) groups is 1. The molecule has 0 saturated carbocycles. The third-order valence-electron chi connectivity index (χ3n) is 5.49. The molecule has 0 spiro atoms. The van der Waals surface area contributed by atoms with Crippen molar-refractivity contribution in [2.24, 2.45) is 16.5 Å². The van der Waals surface area contributed by atoms with Gasteiger partial charge in [0.05, 0.1) is 29.5 Å². The van der Waals surface area contributed by atoms with Crippen molar-refractivity contribution in [1.82, 2.24) is 14.1 Å². The van der Waals surface area contributed by atoms with Gasteiger partial charge in [0, 0.05) is 45.7 Å². The number of carbonyl (C=O) groups excluding carboxylic acids is 1. The van der Waals surface area contributed by atoms with Crippen LogP contribution in [0.1, 0.15) is 6.42 Å². The van der Waals surface area contributed by atoms with Crippen molar-refractivity contribution < 1.29 is 26.4 Å². The quantitative estimate of drug-likeness (QED) is 0.309. The van der Waals surface area contributed by atoms with Crippen LogP contribution in [0.4, 0.5) is 0 Å². The zero-order valence-electron chi connectivity index (χ0n) is 18.3.